The molecule has 0 N–H and O–H groups in total. The Labute approximate surface area is 163 Å². The van der Waals surface area contributed by atoms with Gasteiger partial charge < -0.3 is 18.8 Å². The molecule has 0 amide bonds. The van der Waals surface area contributed by atoms with Crippen molar-refractivity contribution in [2.75, 3.05) is 19.5 Å². The first-order valence-corrected chi connectivity index (χ1v) is 9.62. The second kappa shape index (κ2) is 9.32. The van der Waals surface area contributed by atoms with Gasteiger partial charge >= 0.3 is 0 Å². The lowest BCUT2D eigenvalue weighted by molar-refractivity contribution is 0.288. The molecule has 0 saturated carbocycles. The molecule has 0 spiro atoms. The van der Waals surface area contributed by atoms with Gasteiger partial charge in [-0.15, -0.1) is 10.2 Å². The van der Waals surface area contributed by atoms with Crippen LogP contribution < -0.4 is 14.2 Å². The van der Waals surface area contributed by atoms with E-state index in [-0.39, 0.29) is 0 Å². The monoisotopic (exact) mass is 385 g/mol. The van der Waals surface area contributed by atoms with E-state index < -0.39 is 0 Å². The van der Waals surface area contributed by atoms with E-state index in [4.69, 9.17) is 14.2 Å². The van der Waals surface area contributed by atoms with Gasteiger partial charge in [0.05, 0.1) is 13.7 Å². The van der Waals surface area contributed by atoms with Gasteiger partial charge in [0.15, 0.2) is 11.0 Å². The zero-order valence-electron chi connectivity index (χ0n) is 15.7. The van der Waals surface area contributed by atoms with Gasteiger partial charge in [-0.3, -0.25) is 0 Å². The van der Waals surface area contributed by atoms with Crippen LogP contribution in [-0.4, -0.2) is 34.2 Å². The molecule has 0 aliphatic rings. The minimum Gasteiger partial charge on any atom is -0.497 e. The molecule has 0 aliphatic carbocycles. The Kier molecular flexibility index (Phi) is 6.59. The number of rotatable bonds is 9. The molecule has 3 rings (SSSR count). The molecule has 3 aromatic rings. The highest BCUT2D eigenvalue weighted by atomic mass is 32.2. The normalized spacial score (nSPS) is 10.6. The number of aryl methyl sites for hydroxylation is 1. The van der Waals surface area contributed by atoms with Crippen LogP contribution in [0.1, 0.15) is 11.4 Å². The van der Waals surface area contributed by atoms with E-state index in [1.54, 1.807) is 18.9 Å². The highest BCUT2D eigenvalue weighted by Gasteiger charge is 2.10. The summed E-state index contributed by atoms with van der Waals surface area (Å²) < 4.78 is 18.7. The summed E-state index contributed by atoms with van der Waals surface area (Å²) >= 11 is 1.60. The molecule has 2 aromatic carbocycles. The number of aromatic nitrogens is 3. The summed E-state index contributed by atoms with van der Waals surface area (Å²) in [5, 5.41) is 9.31. The molecule has 0 radical (unpaired) electrons. The van der Waals surface area contributed by atoms with E-state index in [0.29, 0.717) is 13.2 Å². The van der Waals surface area contributed by atoms with Gasteiger partial charge in [-0.25, -0.2) is 0 Å². The lowest BCUT2D eigenvalue weighted by Gasteiger charge is -2.09. The predicted octanol–water partition coefficient (Wildman–Crippen LogP) is 3.88. The second-order valence-electron chi connectivity index (χ2n) is 5.88. The van der Waals surface area contributed by atoms with Crippen molar-refractivity contribution in [3.05, 3.63) is 59.9 Å². The number of para-hydroxylation sites is 1. The highest BCUT2D eigenvalue weighted by molar-refractivity contribution is 7.99. The number of hydrogen-bond donors (Lipinski definition) is 0. The lowest BCUT2D eigenvalue weighted by Crippen LogP contribution is -2.06. The molecule has 142 valence electrons. The minimum atomic E-state index is 0.386. The van der Waals surface area contributed by atoms with Gasteiger partial charge in [0.2, 0.25) is 0 Å². The summed E-state index contributed by atoms with van der Waals surface area (Å²) in [4.78, 5) is 0. The van der Waals surface area contributed by atoms with Crippen molar-refractivity contribution < 1.29 is 14.2 Å². The molecular weight excluding hydrogens is 362 g/mol. The Morgan fingerprint density at radius 3 is 2.44 bits per heavy atom. The van der Waals surface area contributed by atoms with Crippen LogP contribution >= 0.6 is 11.8 Å². The fourth-order valence-electron chi connectivity index (χ4n) is 2.42. The average Bonchev–Trinajstić information content (AvgIpc) is 3.05. The SMILES string of the molecule is COc1ccc(OCCSc2nnc(COc3ccccc3C)n2C)cc1. The first-order chi connectivity index (χ1) is 13.2. The number of thioether (sulfide) groups is 1. The van der Waals surface area contributed by atoms with Crippen molar-refractivity contribution in [2.45, 2.75) is 18.7 Å². The Bertz CT molecular complexity index is 865. The third-order valence-corrected chi connectivity index (χ3v) is 5.00. The van der Waals surface area contributed by atoms with Crippen LogP contribution in [0.2, 0.25) is 0 Å². The third-order valence-electron chi connectivity index (χ3n) is 4.02. The van der Waals surface area contributed by atoms with Crippen LogP contribution in [0.3, 0.4) is 0 Å². The van der Waals surface area contributed by atoms with E-state index in [1.807, 2.05) is 67.1 Å². The summed E-state index contributed by atoms with van der Waals surface area (Å²) in [5.74, 6) is 4.06. The number of methoxy groups -OCH3 is 1. The van der Waals surface area contributed by atoms with E-state index in [0.717, 1.165) is 39.5 Å². The van der Waals surface area contributed by atoms with Gasteiger partial charge in [-0.1, -0.05) is 30.0 Å². The summed E-state index contributed by atoms with van der Waals surface area (Å²) in [6, 6.07) is 15.5. The molecule has 7 heteroatoms. The molecule has 0 atom stereocenters. The van der Waals surface area contributed by atoms with E-state index in [2.05, 4.69) is 10.2 Å². The maximum atomic E-state index is 5.85. The molecule has 0 saturated heterocycles. The van der Waals surface area contributed by atoms with Crippen LogP contribution in [0.15, 0.2) is 53.7 Å². The van der Waals surface area contributed by atoms with Crippen molar-refractivity contribution in [1.29, 1.82) is 0 Å². The Balaban J connectivity index is 1.46. The fourth-order valence-corrected chi connectivity index (χ4v) is 3.17. The van der Waals surface area contributed by atoms with Gasteiger partial charge in [-0.2, -0.15) is 0 Å². The highest BCUT2D eigenvalue weighted by Crippen LogP contribution is 2.21. The minimum absolute atomic E-state index is 0.386. The molecule has 0 bridgehead atoms. The standard InChI is InChI=1S/C20H23N3O3S/c1-15-6-4-5-7-18(15)26-14-19-21-22-20(23(19)2)27-13-12-25-17-10-8-16(24-3)9-11-17/h4-11H,12-14H2,1-3H3. The number of ether oxygens (including phenoxy) is 3. The van der Waals surface area contributed by atoms with Crippen molar-refractivity contribution in [1.82, 2.24) is 14.8 Å². The predicted molar refractivity (Wildman–Crippen MR) is 106 cm³/mol. The van der Waals surface area contributed by atoms with Crippen LogP contribution in [0.5, 0.6) is 17.2 Å². The zero-order chi connectivity index (χ0) is 19.1. The molecule has 1 heterocycles. The van der Waals surface area contributed by atoms with E-state index in [9.17, 15) is 0 Å². The number of benzene rings is 2. The Hall–Kier alpha value is -2.67. The first kappa shape index (κ1) is 19.1. The molecule has 6 nitrogen and oxygen atoms in total. The third kappa shape index (κ3) is 5.17. The van der Waals surface area contributed by atoms with Gasteiger partial charge in [0.1, 0.15) is 23.9 Å². The maximum absolute atomic E-state index is 5.85. The smallest absolute Gasteiger partial charge is 0.191 e. The van der Waals surface area contributed by atoms with Gasteiger partial charge in [-0.05, 0) is 42.8 Å². The molecule has 1 aromatic heterocycles. The topological polar surface area (TPSA) is 58.4 Å². The summed E-state index contributed by atoms with van der Waals surface area (Å²) in [5.41, 5.74) is 1.10. The van der Waals surface area contributed by atoms with Crippen LogP contribution in [0, 0.1) is 6.92 Å². The van der Waals surface area contributed by atoms with E-state index in [1.165, 1.54) is 0 Å². The van der Waals surface area contributed by atoms with Crippen molar-refractivity contribution in [3.8, 4) is 17.2 Å². The van der Waals surface area contributed by atoms with Gasteiger partial charge in [0, 0.05) is 12.8 Å². The quantitative estimate of drug-likeness (QED) is 0.411. The molecular formula is C20H23N3O3S. The Morgan fingerprint density at radius 1 is 0.963 bits per heavy atom. The second-order valence-corrected chi connectivity index (χ2v) is 6.95. The average molecular weight is 385 g/mol. The van der Waals surface area contributed by atoms with Crippen LogP contribution in [0.4, 0.5) is 0 Å². The maximum Gasteiger partial charge on any atom is 0.191 e. The van der Waals surface area contributed by atoms with Crippen LogP contribution in [0.25, 0.3) is 0 Å². The molecule has 0 unspecified atom stereocenters. The van der Waals surface area contributed by atoms with Gasteiger partial charge in [0.25, 0.3) is 0 Å². The summed E-state index contributed by atoms with van der Waals surface area (Å²) in [7, 11) is 3.59. The first-order valence-electron chi connectivity index (χ1n) is 8.63. The molecule has 27 heavy (non-hydrogen) atoms. The molecule has 0 aliphatic heterocycles. The lowest BCUT2D eigenvalue weighted by atomic mass is 10.2. The van der Waals surface area contributed by atoms with Crippen molar-refractivity contribution in [3.63, 3.8) is 0 Å². The Morgan fingerprint density at radius 2 is 1.70 bits per heavy atom. The summed E-state index contributed by atoms with van der Waals surface area (Å²) in [6.45, 7) is 2.99. The summed E-state index contributed by atoms with van der Waals surface area (Å²) in [6.07, 6.45) is 0. The van der Waals surface area contributed by atoms with Crippen molar-refractivity contribution >= 4 is 11.8 Å². The largest absolute Gasteiger partial charge is 0.497 e. The van der Waals surface area contributed by atoms with E-state index >= 15 is 0 Å². The van der Waals surface area contributed by atoms with Crippen LogP contribution in [-0.2, 0) is 13.7 Å². The fraction of sp³-hybridized carbons (Fsp3) is 0.300. The number of hydrogen-bond acceptors (Lipinski definition) is 6. The molecule has 0 fully saturated rings. The van der Waals surface area contributed by atoms with Crippen molar-refractivity contribution in [2.24, 2.45) is 7.05 Å². The zero-order valence-corrected chi connectivity index (χ0v) is 16.5. The number of nitrogens with zero attached hydrogens (tertiary/aromatic N) is 3.